The van der Waals surface area contributed by atoms with Gasteiger partial charge < -0.3 is 9.30 Å². The number of aromatic nitrogens is 2. The summed E-state index contributed by atoms with van der Waals surface area (Å²) in [5, 5.41) is 0.890. The van der Waals surface area contributed by atoms with Crippen LogP contribution >= 0.6 is 23.2 Å². The number of carbonyl (C=O) groups is 1. The molecule has 1 aliphatic heterocycles. The lowest BCUT2D eigenvalue weighted by atomic mass is 10.0. The highest BCUT2D eigenvalue weighted by Gasteiger charge is 2.34. The quantitative estimate of drug-likeness (QED) is 0.148. The molecule has 48 heavy (non-hydrogen) atoms. The molecule has 1 aromatic heterocycles. The zero-order chi connectivity index (χ0) is 34.1. The van der Waals surface area contributed by atoms with Crippen molar-refractivity contribution in [2.24, 2.45) is 0 Å². The molecule has 0 spiro atoms. The number of alkyl halides is 3. The zero-order valence-electron chi connectivity index (χ0n) is 25.0. The van der Waals surface area contributed by atoms with Crippen molar-refractivity contribution in [1.29, 1.82) is 0 Å². The van der Waals surface area contributed by atoms with Gasteiger partial charge in [-0.25, -0.2) is 14.0 Å². The molecule has 0 radical (unpaired) electrons. The number of rotatable bonds is 10. The van der Waals surface area contributed by atoms with Crippen LogP contribution in [0.2, 0.25) is 10.0 Å². The summed E-state index contributed by atoms with van der Waals surface area (Å²) in [5.74, 6) is 0.499. The molecule has 5 aromatic rings. The number of amides is 1. The predicted octanol–water partition coefficient (Wildman–Crippen LogP) is 8.01. The summed E-state index contributed by atoms with van der Waals surface area (Å²) < 4.78 is 72.8. The van der Waals surface area contributed by atoms with Crippen molar-refractivity contribution in [2.75, 3.05) is 17.5 Å². The number of imidazole rings is 1. The van der Waals surface area contributed by atoms with Crippen LogP contribution < -0.4 is 13.8 Å². The summed E-state index contributed by atoms with van der Waals surface area (Å²) in [6.07, 6.45) is -3.04. The Morgan fingerprint density at radius 1 is 0.896 bits per heavy atom. The van der Waals surface area contributed by atoms with Gasteiger partial charge in [0.1, 0.15) is 18.1 Å². The fourth-order valence-corrected chi connectivity index (χ4v) is 6.94. The molecule has 6 rings (SSSR count). The van der Waals surface area contributed by atoms with Crippen molar-refractivity contribution in [1.82, 2.24) is 14.3 Å². The van der Waals surface area contributed by atoms with E-state index < -0.39 is 28.7 Å². The second kappa shape index (κ2) is 13.5. The molecule has 0 unspecified atom stereocenters. The molecule has 0 saturated carbocycles. The van der Waals surface area contributed by atoms with E-state index in [1.165, 1.54) is 0 Å². The molecule has 4 aromatic carbocycles. The van der Waals surface area contributed by atoms with Gasteiger partial charge in [-0.05, 0) is 71.6 Å². The smallest absolute Gasteiger partial charge is 0.389 e. The van der Waals surface area contributed by atoms with Gasteiger partial charge in [-0.3, -0.25) is 4.79 Å². The lowest BCUT2D eigenvalue weighted by molar-refractivity contribution is -0.136. The maximum Gasteiger partial charge on any atom is 0.389 e. The van der Waals surface area contributed by atoms with Crippen LogP contribution in [0.4, 0.5) is 18.9 Å². The SMILES string of the molecule is O=C1CN(c2cccc(-n3cc(-c4ccc(Cl)cc4Cl)nc3Cc3ccc(-c4cccc(OCCCC(F)(F)F)c4)cc3)c2)S(=O)(=O)N1. The molecule has 2 heterocycles. The van der Waals surface area contributed by atoms with Gasteiger partial charge in [0, 0.05) is 35.3 Å². The van der Waals surface area contributed by atoms with E-state index in [0.717, 1.165) is 21.0 Å². The predicted molar refractivity (Wildman–Crippen MR) is 179 cm³/mol. The molecule has 0 aliphatic carbocycles. The summed E-state index contributed by atoms with van der Waals surface area (Å²) in [6.45, 7) is -0.364. The van der Waals surface area contributed by atoms with Crippen LogP contribution in [0.15, 0.2) is 97.2 Å². The molecule has 248 valence electrons. The summed E-state index contributed by atoms with van der Waals surface area (Å²) >= 11 is 12.7. The van der Waals surface area contributed by atoms with Crippen LogP contribution in [-0.2, 0) is 21.4 Å². The average Bonchev–Trinajstić information content (AvgIpc) is 3.57. The number of nitrogens with zero attached hydrogens (tertiary/aromatic N) is 3. The van der Waals surface area contributed by atoms with Crippen LogP contribution in [-0.4, -0.2) is 43.2 Å². The Hall–Kier alpha value is -4.52. The third-order valence-corrected chi connectivity index (χ3v) is 9.51. The van der Waals surface area contributed by atoms with Gasteiger partial charge in [0.15, 0.2) is 0 Å². The molecule has 8 nitrogen and oxygen atoms in total. The lowest BCUT2D eigenvalue weighted by Crippen LogP contribution is -2.29. The maximum absolute atomic E-state index is 12.5. The zero-order valence-corrected chi connectivity index (χ0v) is 27.4. The van der Waals surface area contributed by atoms with Gasteiger partial charge in [0.25, 0.3) is 5.91 Å². The van der Waals surface area contributed by atoms with Crippen molar-refractivity contribution in [2.45, 2.75) is 25.4 Å². The maximum atomic E-state index is 12.5. The van der Waals surface area contributed by atoms with E-state index in [2.05, 4.69) is 0 Å². The number of hydrogen-bond donors (Lipinski definition) is 1. The molecule has 1 amide bonds. The number of ether oxygens (including phenoxy) is 1. The van der Waals surface area contributed by atoms with Crippen LogP contribution in [0.5, 0.6) is 5.75 Å². The summed E-state index contributed by atoms with van der Waals surface area (Å²) in [6, 6.07) is 26.8. The van der Waals surface area contributed by atoms with Crippen molar-refractivity contribution < 1.29 is 31.1 Å². The third-order valence-electron chi connectivity index (χ3n) is 7.56. The van der Waals surface area contributed by atoms with Gasteiger partial charge in [0.05, 0.1) is 23.0 Å². The van der Waals surface area contributed by atoms with Gasteiger partial charge in [-0.1, -0.05) is 65.7 Å². The molecular formula is C34H27Cl2F3N4O4S. The van der Waals surface area contributed by atoms with Crippen LogP contribution in [0, 0.1) is 0 Å². The second-order valence-electron chi connectivity index (χ2n) is 11.1. The molecule has 0 atom stereocenters. The Morgan fingerprint density at radius 2 is 1.65 bits per heavy atom. The number of anilines is 1. The molecule has 1 N–H and O–H groups in total. The Morgan fingerprint density at radius 3 is 2.35 bits per heavy atom. The van der Waals surface area contributed by atoms with E-state index in [-0.39, 0.29) is 19.6 Å². The van der Waals surface area contributed by atoms with E-state index in [1.807, 2.05) is 39.6 Å². The number of hydrogen-bond acceptors (Lipinski definition) is 5. The number of nitrogens with one attached hydrogen (secondary N) is 1. The average molecular weight is 716 g/mol. The standard InChI is InChI=1S/C34H27Cl2F3N4O4S/c35-25-12-13-29(30(36)18-25)31-20-42(26-5-2-6-27(19-26)43-21-33(44)41-48(43,45)46)32(40-31)16-22-8-10-23(11-9-22)24-4-1-7-28(17-24)47-15-3-14-34(37,38)39/h1-2,4-13,17-20H,3,14-16,21H2,(H,41,44). The molecule has 0 bridgehead atoms. The lowest BCUT2D eigenvalue weighted by Gasteiger charge is -2.16. The highest BCUT2D eigenvalue weighted by molar-refractivity contribution is 7.92. The second-order valence-corrected chi connectivity index (χ2v) is 13.5. The first-order valence-corrected chi connectivity index (χ1v) is 16.9. The van der Waals surface area contributed by atoms with Crippen molar-refractivity contribution in [3.8, 4) is 33.8 Å². The Labute approximate surface area is 284 Å². The van der Waals surface area contributed by atoms with Gasteiger partial charge in [-0.15, -0.1) is 0 Å². The fraction of sp³-hybridized carbons (Fsp3) is 0.176. The highest BCUT2D eigenvalue weighted by Crippen LogP contribution is 2.33. The molecule has 1 fully saturated rings. The third kappa shape index (κ3) is 7.78. The minimum absolute atomic E-state index is 0.0382. The minimum atomic E-state index is -4.21. The number of benzene rings is 4. The largest absolute Gasteiger partial charge is 0.494 e. The topological polar surface area (TPSA) is 93.5 Å². The van der Waals surface area contributed by atoms with Gasteiger partial charge in [0.2, 0.25) is 0 Å². The summed E-state index contributed by atoms with van der Waals surface area (Å²) in [4.78, 5) is 16.8. The van der Waals surface area contributed by atoms with E-state index in [4.69, 9.17) is 32.9 Å². The van der Waals surface area contributed by atoms with Crippen LogP contribution in [0.1, 0.15) is 24.2 Å². The highest BCUT2D eigenvalue weighted by atomic mass is 35.5. The Balaban J connectivity index is 1.28. The van der Waals surface area contributed by atoms with Crippen molar-refractivity contribution >= 4 is 45.0 Å². The number of carbonyl (C=O) groups excluding carboxylic acids is 1. The Kier molecular flexibility index (Phi) is 9.41. The van der Waals surface area contributed by atoms with E-state index in [9.17, 15) is 26.4 Å². The molecule has 1 aliphatic rings. The number of halogens is 5. The van der Waals surface area contributed by atoms with E-state index in [1.54, 1.807) is 66.9 Å². The first kappa shape index (κ1) is 33.4. The van der Waals surface area contributed by atoms with Gasteiger partial charge in [-0.2, -0.15) is 21.6 Å². The van der Waals surface area contributed by atoms with Crippen molar-refractivity contribution in [3.63, 3.8) is 0 Å². The first-order valence-electron chi connectivity index (χ1n) is 14.7. The molecular weight excluding hydrogens is 688 g/mol. The van der Waals surface area contributed by atoms with Crippen LogP contribution in [0.25, 0.3) is 28.1 Å². The van der Waals surface area contributed by atoms with E-state index >= 15 is 0 Å². The minimum Gasteiger partial charge on any atom is -0.494 e. The molecule has 1 saturated heterocycles. The summed E-state index contributed by atoms with van der Waals surface area (Å²) in [5.41, 5.74) is 4.82. The van der Waals surface area contributed by atoms with Gasteiger partial charge >= 0.3 is 16.4 Å². The normalized spacial score (nSPS) is 14.3. The van der Waals surface area contributed by atoms with E-state index in [0.29, 0.717) is 50.7 Å². The van der Waals surface area contributed by atoms with Crippen LogP contribution in [0.3, 0.4) is 0 Å². The summed E-state index contributed by atoms with van der Waals surface area (Å²) in [7, 11) is -4.01. The monoisotopic (exact) mass is 714 g/mol. The molecule has 14 heteroatoms. The Bertz CT molecular complexity index is 2090. The van der Waals surface area contributed by atoms with Crippen molar-refractivity contribution in [3.05, 3.63) is 119 Å². The first-order chi connectivity index (χ1) is 22.8. The fourth-order valence-electron chi connectivity index (χ4n) is 5.29.